The summed E-state index contributed by atoms with van der Waals surface area (Å²) < 4.78 is 0. The first kappa shape index (κ1) is 16.9. The summed E-state index contributed by atoms with van der Waals surface area (Å²) in [5.41, 5.74) is 1.80. The SMILES string of the molecule is CC(=O)N1CCN(CCC(=O)Nc2sc3c(c2C#N)CCC3)CC1. The van der Waals surface area contributed by atoms with Crippen LogP contribution in [0.25, 0.3) is 0 Å². The molecule has 1 aliphatic heterocycles. The number of amides is 2. The number of nitrogens with zero attached hydrogens (tertiary/aromatic N) is 3. The molecule has 0 aromatic carbocycles. The predicted octanol–water partition coefficient (Wildman–Crippen LogP) is 1.60. The molecular weight excluding hydrogens is 324 g/mol. The van der Waals surface area contributed by atoms with Crippen LogP contribution in [0.15, 0.2) is 0 Å². The third-order valence-electron chi connectivity index (χ3n) is 4.76. The first-order chi connectivity index (χ1) is 11.6. The maximum absolute atomic E-state index is 12.2. The molecule has 1 aromatic rings. The normalized spacial score (nSPS) is 17.4. The van der Waals surface area contributed by atoms with Gasteiger partial charge in [-0.25, -0.2) is 0 Å². The van der Waals surface area contributed by atoms with Gasteiger partial charge in [0.25, 0.3) is 0 Å². The lowest BCUT2D eigenvalue weighted by atomic mass is 10.1. The second-order valence-electron chi connectivity index (χ2n) is 6.32. The zero-order valence-electron chi connectivity index (χ0n) is 13.9. The van der Waals surface area contributed by atoms with Gasteiger partial charge in [-0.05, 0) is 24.8 Å². The standard InChI is InChI=1S/C17H22N4O2S/c1-12(22)21-9-7-20(8-10-21)6-5-16(23)19-17-14(11-18)13-3-2-4-15(13)24-17/h2-10H2,1H3,(H,19,23). The van der Waals surface area contributed by atoms with E-state index in [9.17, 15) is 14.9 Å². The lowest BCUT2D eigenvalue weighted by Crippen LogP contribution is -2.48. The Labute approximate surface area is 146 Å². The van der Waals surface area contributed by atoms with Crippen molar-refractivity contribution in [2.75, 3.05) is 38.0 Å². The molecule has 1 N–H and O–H groups in total. The summed E-state index contributed by atoms with van der Waals surface area (Å²) in [6.07, 6.45) is 3.49. The molecule has 0 radical (unpaired) electrons. The van der Waals surface area contributed by atoms with Gasteiger partial charge in [0.2, 0.25) is 11.8 Å². The predicted molar refractivity (Wildman–Crippen MR) is 93.0 cm³/mol. The van der Waals surface area contributed by atoms with Crippen LogP contribution in [-0.4, -0.2) is 54.3 Å². The Morgan fingerprint density at radius 2 is 2.00 bits per heavy atom. The average Bonchev–Trinajstić information content (AvgIpc) is 3.13. The number of nitriles is 1. The van der Waals surface area contributed by atoms with E-state index in [1.165, 1.54) is 4.88 Å². The molecule has 2 aliphatic rings. The lowest BCUT2D eigenvalue weighted by Gasteiger charge is -2.33. The summed E-state index contributed by atoms with van der Waals surface area (Å²) in [6.45, 7) is 5.35. The van der Waals surface area contributed by atoms with Crippen LogP contribution in [0.4, 0.5) is 5.00 Å². The maximum Gasteiger partial charge on any atom is 0.226 e. The molecule has 6 nitrogen and oxygen atoms in total. The number of carbonyl (C=O) groups is 2. The van der Waals surface area contributed by atoms with Crippen molar-refractivity contribution in [3.63, 3.8) is 0 Å². The van der Waals surface area contributed by atoms with Gasteiger partial charge in [0, 0.05) is 50.9 Å². The van der Waals surface area contributed by atoms with Gasteiger partial charge in [0.05, 0.1) is 5.56 Å². The third-order valence-corrected chi connectivity index (χ3v) is 5.97. The van der Waals surface area contributed by atoms with Crippen molar-refractivity contribution in [1.29, 1.82) is 5.26 Å². The van der Waals surface area contributed by atoms with Crippen LogP contribution < -0.4 is 5.32 Å². The minimum Gasteiger partial charge on any atom is -0.340 e. The minimum atomic E-state index is -0.0413. The smallest absolute Gasteiger partial charge is 0.226 e. The van der Waals surface area contributed by atoms with E-state index in [4.69, 9.17) is 0 Å². The number of aryl methyl sites for hydroxylation is 1. The number of anilines is 1. The summed E-state index contributed by atoms with van der Waals surface area (Å²) in [6, 6.07) is 2.25. The zero-order valence-corrected chi connectivity index (χ0v) is 14.7. The van der Waals surface area contributed by atoms with Crippen LogP contribution >= 0.6 is 11.3 Å². The molecule has 1 fully saturated rings. The van der Waals surface area contributed by atoms with E-state index in [2.05, 4.69) is 16.3 Å². The number of hydrogen-bond acceptors (Lipinski definition) is 5. The molecule has 0 spiro atoms. The van der Waals surface area contributed by atoms with Gasteiger partial charge in [-0.1, -0.05) is 0 Å². The van der Waals surface area contributed by atoms with E-state index in [1.54, 1.807) is 18.3 Å². The van der Waals surface area contributed by atoms with Crippen molar-refractivity contribution >= 4 is 28.2 Å². The Hall–Kier alpha value is -1.91. The van der Waals surface area contributed by atoms with Gasteiger partial charge in [-0.2, -0.15) is 5.26 Å². The summed E-state index contributed by atoms with van der Waals surface area (Å²) in [5, 5.41) is 13.0. The van der Waals surface area contributed by atoms with Gasteiger partial charge >= 0.3 is 0 Å². The largest absolute Gasteiger partial charge is 0.340 e. The van der Waals surface area contributed by atoms with Gasteiger partial charge in [0.1, 0.15) is 11.1 Å². The van der Waals surface area contributed by atoms with Gasteiger partial charge in [0.15, 0.2) is 0 Å². The number of rotatable bonds is 4. The Kier molecular flexibility index (Phi) is 5.17. The first-order valence-electron chi connectivity index (χ1n) is 8.41. The molecule has 3 rings (SSSR count). The van der Waals surface area contributed by atoms with E-state index in [1.807, 2.05) is 4.90 Å². The highest BCUT2D eigenvalue weighted by Gasteiger charge is 2.23. The summed E-state index contributed by atoms with van der Waals surface area (Å²) in [5.74, 6) is 0.0718. The number of hydrogen-bond donors (Lipinski definition) is 1. The van der Waals surface area contributed by atoms with Crippen LogP contribution in [-0.2, 0) is 22.4 Å². The van der Waals surface area contributed by atoms with Crippen molar-refractivity contribution in [1.82, 2.24) is 9.80 Å². The molecule has 0 unspecified atom stereocenters. The van der Waals surface area contributed by atoms with E-state index in [-0.39, 0.29) is 11.8 Å². The van der Waals surface area contributed by atoms with Crippen LogP contribution in [0.3, 0.4) is 0 Å². The highest BCUT2D eigenvalue weighted by molar-refractivity contribution is 7.16. The molecule has 0 saturated carbocycles. The molecule has 2 amide bonds. The highest BCUT2D eigenvalue weighted by Crippen LogP contribution is 2.38. The van der Waals surface area contributed by atoms with Gasteiger partial charge in [-0.3, -0.25) is 14.5 Å². The molecule has 7 heteroatoms. The van der Waals surface area contributed by atoms with Crippen LogP contribution in [0.5, 0.6) is 0 Å². The van der Waals surface area contributed by atoms with Gasteiger partial charge in [-0.15, -0.1) is 11.3 Å². The zero-order chi connectivity index (χ0) is 17.1. The Bertz CT molecular complexity index is 683. The van der Waals surface area contributed by atoms with Crippen molar-refractivity contribution in [2.24, 2.45) is 0 Å². The quantitative estimate of drug-likeness (QED) is 0.898. The summed E-state index contributed by atoms with van der Waals surface area (Å²) >= 11 is 1.55. The third kappa shape index (κ3) is 3.60. The fraction of sp³-hybridized carbons (Fsp3) is 0.588. The molecule has 0 bridgehead atoms. The van der Waals surface area contributed by atoms with Crippen molar-refractivity contribution in [3.8, 4) is 6.07 Å². The molecule has 24 heavy (non-hydrogen) atoms. The van der Waals surface area contributed by atoms with Crippen molar-refractivity contribution < 1.29 is 9.59 Å². The Balaban J connectivity index is 1.49. The van der Waals surface area contributed by atoms with E-state index in [0.29, 0.717) is 23.5 Å². The Morgan fingerprint density at radius 3 is 2.67 bits per heavy atom. The fourth-order valence-electron chi connectivity index (χ4n) is 3.35. The van der Waals surface area contributed by atoms with E-state index < -0.39 is 0 Å². The average molecular weight is 346 g/mol. The minimum absolute atomic E-state index is 0.0413. The number of piperazine rings is 1. The number of thiophene rings is 1. The molecule has 1 aromatic heterocycles. The van der Waals surface area contributed by atoms with E-state index >= 15 is 0 Å². The van der Waals surface area contributed by atoms with Crippen LogP contribution in [0.1, 0.15) is 35.8 Å². The number of carbonyl (C=O) groups excluding carboxylic acids is 2. The Morgan fingerprint density at radius 1 is 1.25 bits per heavy atom. The number of nitrogens with one attached hydrogen (secondary N) is 1. The summed E-state index contributed by atoms with van der Waals surface area (Å²) in [4.78, 5) is 28.8. The topological polar surface area (TPSA) is 76.4 Å². The molecule has 1 aliphatic carbocycles. The molecule has 2 heterocycles. The van der Waals surface area contributed by atoms with Crippen LogP contribution in [0.2, 0.25) is 0 Å². The summed E-state index contributed by atoms with van der Waals surface area (Å²) in [7, 11) is 0. The second kappa shape index (κ2) is 7.32. The number of fused-ring (bicyclic) bond motifs is 1. The lowest BCUT2D eigenvalue weighted by molar-refractivity contribution is -0.130. The monoisotopic (exact) mass is 346 g/mol. The van der Waals surface area contributed by atoms with Crippen molar-refractivity contribution in [2.45, 2.75) is 32.6 Å². The molecule has 0 atom stereocenters. The molecular formula is C17H22N4O2S. The maximum atomic E-state index is 12.2. The molecule has 1 saturated heterocycles. The fourth-order valence-corrected chi connectivity index (χ4v) is 4.60. The van der Waals surface area contributed by atoms with Crippen molar-refractivity contribution in [3.05, 3.63) is 16.0 Å². The van der Waals surface area contributed by atoms with Crippen LogP contribution in [0, 0.1) is 11.3 Å². The first-order valence-corrected chi connectivity index (χ1v) is 9.22. The molecule has 128 valence electrons. The van der Waals surface area contributed by atoms with E-state index in [0.717, 1.165) is 51.0 Å². The second-order valence-corrected chi connectivity index (χ2v) is 7.42. The highest BCUT2D eigenvalue weighted by atomic mass is 32.1. The van der Waals surface area contributed by atoms with Gasteiger partial charge < -0.3 is 10.2 Å².